The molecule has 0 aliphatic heterocycles. The first-order valence-corrected chi connectivity index (χ1v) is 19.3. The van der Waals surface area contributed by atoms with Gasteiger partial charge in [0.1, 0.15) is 37.5 Å². The number of nitrogens with zero attached hydrogens (tertiary/aromatic N) is 5. The maximum absolute atomic E-state index is 12.2. The highest BCUT2D eigenvalue weighted by Crippen LogP contribution is 2.47. The summed E-state index contributed by atoms with van der Waals surface area (Å²) < 4.78 is 116. The number of nitrogens with two attached hydrogens (primary N) is 1. The van der Waals surface area contributed by atoms with Crippen molar-refractivity contribution in [1.29, 1.82) is 0 Å². The van der Waals surface area contributed by atoms with Crippen LogP contribution in [0.25, 0.3) is 21.5 Å². The van der Waals surface area contributed by atoms with E-state index in [1.807, 2.05) is 0 Å². The Morgan fingerprint density at radius 3 is 2.04 bits per heavy atom. The summed E-state index contributed by atoms with van der Waals surface area (Å²) >= 11 is 0.337. The molecule has 0 aliphatic carbocycles. The highest BCUT2D eigenvalue weighted by molar-refractivity contribution is 7.94. The largest absolute Gasteiger partial charge is 0.505 e. The number of fused-ring (bicyclic) bond motifs is 2. The lowest BCUT2D eigenvalue weighted by molar-refractivity contribution is -0.432. The second-order valence-electron chi connectivity index (χ2n) is 10.5. The fourth-order valence-corrected chi connectivity index (χ4v) is 7.48. The first-order valence-electron chi connectivity index (χ1n) is 14.2. The Labute approximate surface area is 308 Å². The van der Waals surface area contributed by atoms with Crippen LogP contribution in [0, 0.1) is 0 Å². The molecule has 0 spiro atoms. The summed E-state index contributed by atoms with van der Waals surface area (Å²) in [5.41, 5.74) is 4.72. The summed E-state index contributed by atoms with van der Waals surface area (Å²) in [5.74, 6) is -0.617. The maximum Gasteiger partial charge on any atom is 0.296 e. The minimum atomic E-state index is -4.94. The molecule has 21 nitrogen and oxygen atoms in total. The molecule has 0 radical (unpaired) electrons. The number of anilines is 1. The van der Waals surface area contributed by atoms with Crippen LogP contribution in [0.1, 0.15) is 0 Å². The molecule has 0 heterocycles. The Morgan fingerprint density at radius 2 is 1.41 bits per heavy atom. The van der Waals surface area contributed by atoms with Crippen LogP contribution in [-0.2, 0) is 44.5 Å². The number of ether oxygens (including phenoxy) is 2. The molecule has 5 aromatic rings. The normalized spacial score (nSPS) is 12.9. The van der Waals surface area contributed by atoms with Crippen LogP contribution in [0.5, 0.6) is 11.5 Å². The van der Waals surface area contributed by atoms with Crippen LogP contribution < -0.4 is 10.5 Å². The molecule has 5 rings (SSSR count). The maximum atomic E-state index is 12.2. The minimum Gasteiger partial charge on any atom is -0.505 e. The van der Waals surface area contributed by atoms with Crippen LogP contribution >= 0.6 is 12.0 Å². The lowest BCUT2D eigenvalue weighted by Gasteiger charge is -2.12. The second kappa shape index (κ2) is 15.6. The fourth-order valence-electron chi connectivity index (χ4n) is 4.93. The van der Waals surface area contributed by atoms with E-state index in [1.165, 1.54) is 44.6 Å². The lowest BCUT2D eigenvalue weighted by Crippen LogP contribution is -2.03. The van der Waals surface area contributed by atoms with Gasteiger partial charge in [0.2, 0.25) is 0 Å². The zero-order valence-corrected chi connectivity index (χ0v) is 30.4. The molecule has 0 unspecified atom stereocenters. The third kappa shape index (κ3) is 8.55. The number of benzene rings is 5. The number of hydrogen-bond donors (Lipinski definition) is 6. The predicted octanol–water partition coefficient (Wildman–Crippen LogP) is 6.59. The SMILES string of the molecule is CO/C=N\c1cc(N=Nc2c(SOOO)cc3cc(S(=O)(=O)O)c(N)cc3c2O)c(OC)cc1N=Nc1cc(S(=O)(=O)O)c2cccc(S(=O)(=O)O)c2c1. The third-order valence-electron chi connectivity index (χ3n) is 7.18. The zero-order chi connectivity index (χ0) is 39.6. The van der Waals surface area contributed by atoms with Gasteiger partial charge in [-0.25, -0.2) is 10.2 Å². The number of phenolic OH excluding ortho intramolecular Hbond substituents is 1. The van der Waals surface area contributed by atoms with E-state index in [4.69, 9.17) is 20.5 Å². The monoisotopic (exact) mass is 824 g/mol. The second-order valence-corrected chi connectivity index (χ2v) is 15.4. The molecule has 25 heteroatoms. The van der Waals surface area contributed by atoms with E-state index in [-0.39, 0.29) is 60.6 Å². The molecule has 0 fully saturated rings. The van der Waals surface area contributed by atoms with Crippen molar-refractivity contribution in [2.45, 2.75) is 19.6 Å². The zero-order valence-electron chi connectivity index (χ0n) is 27.1. The summed E-state index contributed by atoms with van der Waals surface area (Å²) in [5, 5.41) is 39.3. The molecule has 0 saturated heterocycles. The number of azo groups is 2. The Hall–Kier alpha value is -5.35. The minimum absolute atomic E-state index is 0.00960. The van der Waals surface area contributed by atoms with Crippen molar-refractivity contribution in [2.24, 2.45) is 25.4 Å². The van der Waals surface area contributed by atoms with Crippen LogP contribution in [0.3, 0.4) is 0 Å². The van der Waals surface area contributed by atoms with Crippen LogP contribution in [0.15, 0.2) is 106 Å². The summed E-state index contributed by atoms with van der Waals surface area (Å²) in [4.78, 5) is 2.01. The average molecular weight is 825 g/mol. The van der Waals surface area contributed by atoms with Crippen molar-refractivity contribution >= 4 is 104 Å². The molecule has 0 atom stereocenters. The highest BCUT2D eigenvalue weighted by Gasteiger charge is 2.23. The summed E-state index contributed by atoms with van der Waals surface area (Å²) in [6, 6.07) is 11.3. The molecule has 0 amide bonds. The van der Waals surface area contributed by atoms with E-state index in [9.17, 15) is 44.0 Å². The fraction of sp³-hybridized carbons (Fsp3) is 0.0690. The standard InChI is InChI=1S/C29H24N6O15S4/c1-47-13-31-20-11-22(34-35-28-24(51-50-49-37)6-14-7-27(54(44,45)46)19(30)10-17(14)29(28)36)23(48-2)12-21(20)33-32-15-8-18-16(26(9-15)53(41,42)43)4-3-5-25(18)52(38,39)40/h3-13,36-37H,30H2,1-2H3,(H,38,39,40)(H,41,42,43)(H,44,45,46)/b31-13-,33-32?,35-34?. The Morgan fingerprint density at radius 1 is 0.722 bits per heavy atom. The molecule has 0 bridgehead atoms. The Kier molecular flexibility index (Phi) is 11.5. The van der Waals surface area contributed by atoms with Crippen molar-refractivity contribution < 1.29 is 68.1 Å². The van der Waals surface area contributed by atoms with Crippen molar-refractivity contribution in [3.05, 3.63) is 60.7 Å². The van der Waals surface area contributed by atoms with Gasteiger partial charge in [0.05, 0.1) is 48.2 Å². The van der Waals surface area contributed by atoms with Crippen molar-refractivity contribution in [1.82, 2.24) is 0 Å². The molecule has 5 aromatic carbocycles. The van der Waals surface area contributed by atoms with Gasteiger partial charge in [-0.1, -0.05) is 17.2 Å². The molecule has 7 N–H and O–H groups in total. The lowest BCUT2D eigenvalue weighted by atomic mass is 10.1. The molecule has 0 saturated carbocycles. The smallest absolute Gasteiger partial charge is 0.296 e. The first kappa shape index (κ1) is 39.8. The summed E-state index contributed by atoms with van der Waals surface area (Å²) in [7, 11) is -12.0. The van der Waals surface area contributed by atoms with Gasteiger partial charge in [0.25, 0.3) is 30.4 Å². The quantitative estimate of drug-likeness (QED) is 0.0106. The average Bonchev–Trinajstić information content (AvgIpc) is 3.10. The molecule has 54 heavy (non-hydrogen) atoms. The van der Waals surface area contributed by atoms with Gasteiger partial charge < -0.3 is 20.3 Å². The van der Waals surface area contributed by atoms with Crippen LogP contribution in [0.2, 0.25) is 0 Å². The summed E-state index contributed by atoms with van der Waals surface area (Å²) in [6.07, 6.45) is 1.01. The van der Waals surface area contributed by atoms with Gasteiger partial charge in [0, 0.05) is 22.2 Å². The van der Waals surface area contributed by atoms with Gasteiger partial charge in [-0.05, 0) is 47.9 Å². The molecular formula is C29H24N6O15S4. The molecule has 0 aliphatic rings. The summed E-state index contributed by atoms with van der Waals surface area (Å²) in [6.45, 7) is 0. The first-order chi connectivity index (χ1) is 25.4. The number of rotatable bonds is 13. The van der Waals surface area contributed by atoms with Crippen molar-refractivity contribution in [2.75, 3.05) is 20.0 Å². The Balaban J connectivity index is 1.65. The topological polar surface area (TPSA) is 328 Å². The van der Waals surface area contributed by atoms with E-state index < -0.39 is 56.5 Å². The van der Waals surface area contributed by atoms with E-state index in [0.29, 0.717) is 12.0 Å². The number of aliphatic imine (C=N–C) groups is 1. The highest BCUT2D eigenvalue weighted by atomic mass is 32.2. The Bertz CT molecular complexity index is 2740. The molecule has 284 valence electrons. The van der Waals surface area contributed by atoms with Crippen LogP contribution in [0.4, 0.5) is 34.1 Å². The van der Waals surface area contributed by atoms with Gasteiger partial charge in [-0.3, -0.25) is 13.7 Å². The van der Waals surface area contributed by atoms with Gasteiger partial charge >= 0.3 is 0 Å². The molecular weight excluding hydrogens is 801 g/mol. The van der Waals surface area contributed by atoms with Gasteiger partial charge in [0.15, 0.2) is 12.2 Å². The van der Waals surface area contributed by atoms with E-state index in [2.05, 4.69) is 34.8 Å². The number of aromatic hydroxyl groups is 1. The van der Waals surface area contributed by atoms with Gasteiger partial charge in [-0.15, -0.1) is 19.7 Å². The van der Waals surface area contributed by atoms with E-state index in [0.717, 1.165) is 36.7 Å². The number of phenols is 1. The van der Waals surface area contributed by atoms with Gasteiger partial charge in [-0.2, -0.15) is 30.4 Å². The van der Waals surface area contributed by atoms with Crippen molar-refractivity contribution in [3.63, 3.8) is 0 Å². The molecule has 0 aromatic heterocycles. The number of nitrogen functional groups attached to an aromatic ring is 1. The number of hydrogen-bond acceptors (Lipinski definition) is 19. The predicted molar refractivity (Wildman–Crippen MR) is 191 cm³/mol. The van der Waals surface area contributed by atoms with Crippen molar-refractivity contribution in [3.8, 4) is 11.5 Å². The van der Waals surface area contributed by atoms with E-state index in [1.54, 1.807) is 0 Å². The third-order valence-corrected chi connectivity index (χ3v) is 10.5. The van der Waals surface area contributed by atoms with E-state index >= 15 is 0 Å². The number of methoxy groups -OCH3 is 2. The van der Waals surface area contributed by atoms with Crippen LogP contribution in [-0.4, -0.2) is 69.9 Å².